The second-order valence-corrected chi connectivity index (χ2v) is 12.8. The number of carbonyl (C=O) groups is 4. The minimum atomic E-state index is -1.15. The van der Waals surface area contributed by atoms with Gasteiger partial charge in [0.05, 0.1) is 6.10 Å². The highest BCUT2D eigenvalue weighted by Crippen LogP contribution is 2.12. The van der Waals surface area contributed by atoms with Crippen LogP contribution in [0.2, 0.25) is 0 Å². The number of aliphatic carboxylic acids is 1. The van der Waals surface area contributed by atoms with Gasteiger partial charge in [0.15, 0.2) is 0 Å². The number of ether oxygens (including phenoxy) is 1. The monoisotopic (exact) mass is 685 g/mol. The molecule has 0 rings (SSSR count). The summed E-state index contributed by atoms with van der Waals surface area (Å²) in [5, 5.41) is 11.6. The van der Waals surface area contributed by atoms with Crippen molar-refractivity contribution in [2.45, 2.75) is 174 Å². The Bertz CT molecular complexity index is 1010. The van der Waals surface area contributed by atoms with E-state index >= 15 is 0 Å². The molecule has 2 amide bonds. The number of esters is 1. The molecule has 2 atom stereocenters. The molecule has 4 N–H and O–H groups in total. The van der Waals surface area contributed by atoms with Crippen LogP contribution in [-0.2, 0) is 23.9 Å². The van der Waals surface area contributed by atoms with Crippen molar-refractivity contribution in [1.29, 1.82) is 0 Å². The maximum Gasteiger partial charge on any atom is 0.326 e. The lowest BCUT2D eigenvalue weighted by Gasteiger charge is -2.13. The van der Waals surface area contributed by atoms with Gasteiger partial charge in [0.25, 0.3) is 0 Å². The van der Waals surface area contributed by atoms with Crippen LogP contribution < -0.4 is 11.1 Å². The Balaban J connectivity index is 3.62. The molecule has 0 aliphatic heterocycles. The Morgan fingerprint density at radius 1 is 0.612 bits per heavy atom. The van der Waals surface area contributed by atoms with Crippen molar-refractivity contribution in [1.82, 2.24) is 5.32 Å². The molecule has 0 bridgehead atoms. The number of carboxylic acid groups (broad SMARTS) is 1. The lowest BCUT2D eigenvalue weighted by atomic mass is 10.1. The molecule has 0 spiro atoms. The zero-order valence-corrected chi connectivity index (χ0v) is 30.8. The van der Waals surface area contributed by atoms with E-state index in [0.717, 1.165) is 96.3 Å². The molecule has 0 heterocycles. The van der Waals surface area contributed by atoms with Gasteiger partial charge < -0.3 is 20.9 Å². The predicted molar refractivity (Wildman–Crippen MR) is 202 cm³/mol. The molecule has 0 aromatic carbocycles. The fourth-order valence-corrected chi connectivity index (χ4v) is 5.15. The van der Waals surface area contributed by atoms with Crippen LogP contribution in [0.15, 0.2) is 60.8 Å². The Kier molecular flexibility index (Phi) is 32.0. The molecular formula is C41H68N2O6. The summed E-state index contributed by atoms with van der Waals surface area (Å²) in [6.45, 7) is 4.14. The summed E-state index contributed by atoms with van der Waals surface area (Å²) in [4.78, 5) is 46.2. The third-order valence-electron chi connectivity index (χ3n) is 8.04. The van der Waals surface area contributed by atoms with Crippen LogP contribution in [0.5, 0.6) is 0 Å². The molecule has 0 radical (unpaired) electrons. The summed E-state index contributed by atoms with van der Waals surface area (Å²) in [5.74, 6) is -2.10. The second kappa shape index (κ2) is 34.4. The maximum absolute atomic E-state index is 12.1. The van der Waals surface area contributed by atoms with Crippen LogP contribution in [-0.4, -0.2) is 41.0 Å². The first kappa shape index (κ1) is 45.6. The molecule has 8 nitrogen and oxygen atoms in total. The average molecular weight is 685 g/mol. The predicted octanol–water partition coefficient (Wildman–Crippen LogP) is 9.75. The SMILES string of the molecule is CCC=CCC=CCC=CCCCCCCCC(=O)OC(C)CCCC=CCC=CCCCCCCCC(=O)N[C@@H](CCC(N)=O)C(=O)O. The minimum absolute atomic E-state index is 0.00845. The standard InChI is InChI=1S/C41H68N2O6/c1-3-4-5-6-7-8-9-10-11-15-18-21-24-27-30-33-40(46)49-36(2)31-28-25-22-19-16-13-12-14-17-20-23-26-29-32-39(45)43-37(41(47)48)34-35-38(42)44/h4-5,7-8,10-13,19,22,36-37H,3,6,9,14-18,20-21,23-35H2,1-2H3,(H2,42,44)(H,43,45)(H,47,48)/t36?,37-/m0/s1. The molecule has 0 fully saturated rings. The normalized spacial score (nSPS) is 13.3. The molecule has 0 saturated carbocycles. The van der Waals surface area contributed by atoms with Crippen LogP contribution in [0.4, 0.5) is 0 Å². The van der Waals surface area contributed by atoms with Gasteiger partial charge in [-0.2, -0.15) is 0 Å². The summed E-state index contributed by atoms with van der Waals surface area (Å²) in [6, 6.07) is -1.07. The van der Waals surface area contributed by atoms with Gasteiger partial charge in [-0.15, -0.1) is 0 Å². The number of carbonyl (C=O) groups excluding carboxylic acids is 3. The van der Waals surface area contributed by atoms with Gasteiger partial charge in [-0.1, -0.05) is 106 Å². The van der Waals surface area contributed by atoms with Gasteiger partial charge in [-0.3, -0.25) is 14.4 Å². The number of nitrogens with two attached hydrogens (primary N) is 1. The van der Waals surface area contributed by atoms with Gasteiger partial charge >= 0.3 is 11.9 Å². The lowest BCUT2D eigenvalue weighted by Crippen LogP contribution is -2.41. The van der Waals surface area contributed by atoms with Crippen molar-refractivity contribution in [3.63, 3.8) is 0 Å². The molecule has 0 aliphatic rings. The van der Waals surface area contributed by atoms with Crippen molar-refractivity contribution in [3.8, 4) is 0 Å². The highest BCUT2D eigenvalue weighted by atomic mass is 16.5. The first-order chi connectivity index (χ1) is 23.8. The number of primary amides is 1. The Morgan fingerprint density at radius 3 is 1.61 bits per heavy atom. The average Bonchev–Trinajstić information content (AvgIpc) is 3.06. The molecule has 8 heteroatoms. The number of nitrogens with one attached hydrogen (secondary N) is 1. The second-order valence-electron chi connectivity index (χ2n) is 12.8. The van der Waals surface area contributed by atoms with Crippen LogP contribution in [0.1, 0.15) is 162 Å². The molecule has 0 aliphatic carbocycles. The van der Waals surface area contributed by atoms with E-state index < -0.39 is 17.9 Å². The van der Waals surface area contributed by atoms with E-state index in [1.165, 1.54) is 19.3 Å². The van der Waals surface area contributed by atoms with Crippen LogP contribution in [0, 0.1) is 0 Å². The van der Waals surface area contributed by atoms with Gasteiger partial charge in [0.2, 0.25) is 11.8 Å². The summed E-state index contributed by atoms with van der Waals surface area (Å²) in [6.07, 6.45) is 42.4. The number of carboxylic acids is 1. The number of amides is 2. The highest BCUT2D eigenvalue weighted by Gasteiger charge is 2.20. The van der Waals surface area contributed by atoms with Crippen molar-refractivity contribution in [3.05, 3.63) is 60.8 Å². The topological polar surface area (TPSA) is 136 Å². The molecule has 0 aromatic heterocycles. The first-order valence-corrected chi connectivity index (χ1v) is 19.0. The van der Waals surface area contributed by atoms with Crippen molar-refractivity contribution >= 4 is 23.8 Å². The summed E-state index contributed by atoms with van der Waals surface area (Å²) < 4.78 is 5.59. The molecule has 0 saturated heterocycles. The highest BCUT2D eigenvalue weighted by molar-refractivity contribution is 5.84. The number of hydrogen-bond donors (Lipinski definition) is 3. The summed E-state index contributed by atoms with van der Waals surface area (Å²) >= 11 is 0. The largest absolute Gasteiger partial charge is 0.480 e. The van der Waals surface area contributed by atoms with Crippen LogP contribution >= 0.6 is 0 Å². The van der Waals surface area contributed by atoms with Crippen LogP contribution in [0.25, 0.3) is 0 Å². The molecule has 278 valence electrons. The van der Waals surface area contributed by atoms with E-state index in [2.05, 4.69) is 73.0 Å². The van der Waals surface area contributed by atoms with E-state index in [0.29, 0.717) is 12.8 Å². The maximum atomic E-state index is 12.1. The summed E-state index contributed by atoms with van der Waals surface area (Å²) in [7, 11) is 0. The van der Waals surface area contributed by atoms with Crippen molar-refractivity contribution in [2.24, 2.45) is 5.73 Å². The zero-order valence-electron chi connectivity index (χ0n) is 30.8. The van der Waals surface area contributed by atoms with E-state index in [9.17, 15) is 19.2 Å². The third kappa shape index (κ3) is 34.2. The fourth-order valence-electron chi connectivity index (χ4n) is 5.15. The quantitative estimate of drug-likeness (QED) is 0.0358. The van der Waals surface area contributed by atoms with E-state index in [4.69, 9.17) is 15.6 Å². The van der Waals surface area contributed by atoms with E-state index in [-0.39, 0.29) is 37.2 Å². The molecule has 0 aromatic rings. The molecular weight excluding hydrogens is 616 g/mol. The smallest absolute Gasteiger partial charge is 0.326 e. The van der Waals surface area contributed by atoms with Gasteiger partial charge in [0.1, 0.15) is 6.04 Å². The Morgan fingerprint density at radius 2 is 1.08 bits per heavy atom. The molecule has 1 unspecified atom stereocenters. The third-order valence-corrected chi connectivity index (χ3v) is 8.04. The van der Waals surface area contributed by atoms with Crippen molar-refractivity contribution < 1.29 is 29.0 Å². The van der Waals surface area contributed by atoms with Gasteiger partial charge in [-0.05, 0) is 96.8 Å². The van der Waals surface area contributed by atoms with E-state index in [1.807, 2.05) is 6.92 Å². The molecule has 49 heavy (non-hydrogen) atoms. The zero-order chi connectivity index (χ0) is 36.2. The van der Waals surface area contributed by atoms with E-state index in [1.54, 1.807) is 0 Å². The fraction of sp³-hybridized carbons (Fsp3) is 0.659. The van der Waals surface area contributed by atoms with Gasteiger partial charge in [-0.25, -0.2) is 4.79 Å². The number of unbranched alkanes of at least 4 members (excludes halogenated alkanes) is 11. The van der Waals surface area contributed by atoms with Crippen LogP contribution in [0.3, 0.4) is 0 Å². The van der Waals surface area contributed by atoms with Gasteiger partial charge in [0, 0.05) is 19.3 Å². The minimum Gasteiger partial charge on any atom is -0.480 e. The Hall–Kier alpha value is -3.42. The Labute approximate surface area is 297 Å². The number of rotatable bonds is 33. The van der Waals surface area contributed by atoms with Crippen molar-refractivity contribution in [2.75, 3.05) is 0 Å². The lowest BCUT2D eigenvalue weighted by molar-refractivity contribution is -0.148. The number of hydrogen-bond acceptors (Lipinski definition) is 5. The first-order valence-electron chi connectivity index (χ1n) is 19.0. The number of allylic oxidation sites excluding steroid dienone is 10. The summed E-state index contributed by atoms with van der Waals surface area (Å²) in [5.41, 5.74) is 5.06.